The predicted molar refractivity (Wildman–Crippen MR) is 105 cm³/mol. The molecule has 5 nitrogen and oxygen atoms in total. The summed E-state index contributed by atoms with van der Waals surface area (Å²) in [4.78, 5) is 16.7. The average Bonchev–Trinajstić information content (AvgIpc) is 3.26. The Bertz CT molecular complexity index is 1050. The highest BCUT2D eigenvalue weighted by Gasteiger charge is 2.07. The van der Waals surface area contributed by atoms with Crippen molar-refractivity contribution in [2.24, 2.45) is 0 Å². The molecule has 0 aliphatic heterocycles. The highest BCUT2D eigenvalue weighted by molar-refractivity contribution is 7.18. The van der Waals surface area contributed by atoms with Gasteiger partial charge in [0.15, 0.2) is 0 Å². The van der Waals surface area contributed by atoms with Gasteiger partial charge < -0.3 is 5.32 Å². The summed E-state index contributed by atoms with van der Waals surface area (Å²) in [5.74, 6) is -0.00181. The second-order valence-electron chi connectivity index (χ2n) is 6.09. The number of nitrogens with zero attached hydrogens (tertiary/aromatic N) is 3. The molecule has 2 heterocycles. The number of aromatic nitrogens is 3. The Morgan fingerprint density at radius 2 is 2.04 bits per heavy atom. The number of nitrogens with one attached hydrogen (secondary N) is 1. The molecule has 0 atom stereocenters. The van der Waals surface area contributed by atoms with Crippen molar-refractivity contribution in [3.05, 3.63) is 71.5 Å². The second-order valence-corrected chi connectivity index (χ2v) is 7.33. The Labute approximate surface area is 155 Å². The Morgan fingerprint density at radius 3 is 2.88 bits per heavy atom. The van der Waals surface area contributed by atoms with Crippen LogP contribution in [0.15, 0.2) is 60.9 Å². The number of aryl methyl sites for hydroxylation is 2. The molecular formula is C20H18N4OS. The standard InChI is InChI=1S/C20H18N4OS/c1-14-22-18-9-8-16(11-19(18)26-14)23-20(25)10-7-15-12-21-24(13-15)17-5-3-2-4-6-17/h2-6,8-9,11-13H,7,10H2,1H3,(H,23,25). The molecule has 6 heteroatoms. The van der Waals surface area contributed by atoms with Gasteiger partial charge in [-0.15, -0.1) is 11.3 Å². The molecule has 0 aliphatic rings. The average molecular weight is 362 g/mol. The van der Waals surface area contributed by atoms with Crippen LogP contribution in [0.4, 0.5) is 5.69 Å². The van der Waals surface area contributed by atoms with E-state index in [9.17, 15) is 4.79 Å². The normalized spacial score (nSPS) is 11.0. The van der Waals surface area contributed by atoms with E-state index in [4.69, 9.17) is 0 Å². The third-order valence-corrected chi connectivity index (χ3v) is 5.01. The van der Waals surface area contributed by atoms with Crippen molar-refractivity contribution in [2.45, 2.75) is 19.8 Å². The van der Waals surface area contributed by atoms with E-state index in [0.717, 1.165) is 32.2 Å². The first-order valence-electron chi connectivity index (χ1n) is 8.43. The Hall–Kier alpha value is -2.99. The van der Waals surface area contributed by atoms with E-state index in [2.05, 4.69) is 15.4 Å². The Balaban J connectivity index is 1.37. The van der Waals surface area contributed by atoms with E-state index >= 15 is 0 Å². The summed E-state index contributed by atoms with van der Waals surface area (Å²) in [7, 11) is 0. The van der Waals surface area contributed by atoms with Gasteiger partial charge in [-0.25, -0.2) is 9.67 Å². The molecule has 0 fully saturated rings. The third-order valence-electron chi connectivity index (χ3n) is 4.08. The summed E-state index contributed by atoms with van der Waals surface area (Å²) in [6.45, 7) is 1.98. The van der Waals surface area contributed by atoms with Crippen molar-refractivity contribution in [3.8, 4) is 5.69 Å². The van der Waals surface area contributed by atoms with Crippen molar-refractivity contribution >= 4 is 33.1 Å². The number of hydrogen-bond acceptors (Lipinski definition) is 4. The van der Waals surface area contributed by atoms with Gasteiger partial charge in [0.25, 0.3) is 0 Å². The molecule has 0 unspecified atom stereocenters. The highest BCUT2D eigenvalue weighted by Crippen LogP contribution is 2.24. The van der Waals surface area contributed by atoms with Crippen LogP contribution < -0.4 is 5.32 Å². The molecule has 0 saturated carbocycles. The lowest BCUT2D eigenvalue weighted by Gasteiger charge is -2.04. The Kier molecular flexibility index (Phi) is 4.50. The largest absolute Gasteiger partial charge is 0.326 e. The van der Waals surface area contributed by atoms with Gasteiger partial charge in [-0.1, -0.05) is 18.2 Å². The molecule has 4 rings (SSSR count). The molecule has 4 aromatic rings. The van der Waals surface area contributed by atoms with Crippen LogP contribution in [0, 0.1) is 6.92 Å². The maximum atomic E-state index is 12.3. The number of rotatable bonds is 5. The van der Waals surface area contributed by atoms with Crippen LogP contribution in [0.5, 0.6) is 0 Å². The number of carbonyl (C=O) groups is 1. The van der Waals surface area contributed by atoms with Gasteiger partial charge in [0.2, 0.25) is 5.91 Å². The van der Waals surface area contributed by atoms with Gasteiger partial charge in [0, 0.05) is 18.3 Å². The number of anilines is 1. The zero-order valence-electron chi connectivity index (χ0n) is 14.3. The molecule has 1 amide bonds. The van der Waals surface area contributed by atoms with E-state index in [1.165, 1.54) is 0 Å². The summed E-state index contributed by atoms with van der Waals surface area (Å²) < 4.78 is 2.91. The molecule has 2 aromatic carbocycles. The van der Waals surface area contributed by atoms with Crippen LogP contribution in [-0.4, -0.2) is 20.7 Å². The van der Waals surface area contributed by atoms with Gasteiger partial charge >= 0.3 is 0 Å². The number of fused-ring (bicyclic) bond motifs is 1. The SMILES string of the molecule is Cc1nc2ccc(NC(=O)CCc3cnn(-c4ccccc4)c3)cc2s1. The quantitative estimate of drug-likeness (QED) is 0.574. The Morgan fingerprint density at radius 1 is 1.19 bits per heavy atom. The molecule has 1 N–H and O–H groups in total. The maximum Gasteiger partial charge on any atom is 0.224 e. The number of hydrogen-bond donors (Lipinski definition) is 1. The minimum Gasteiger partial charge on any atom is -0.326 e. The summed E-state index contributed by atoms with van der Waals surface area (Å²) in [6.07, 6.45) is 4.85. The summed E-state index contributed by atoms with van der Waals surface area (Å²) in [6, 6.07) is 15.7. The van der Waals surface area contributed by atoms with Gasteiger partial charge in [0.1, 0.15) is 0 Å². The van der Waals surface area contributed by atoms with E-state index in [1.807, 2.05) is 72.5 Å². The van der Waals surface area contributed by atoms with Gasteiger partial charge in [-0.3, -0.25) is 4.79 Å². The fraction of sp³-hybridized carbons (Fsp3) is 0.150. The van der Waals surface area contributed by atoms with Crippen molar-refractivity contribution in [2.75, 3.05) is 5.32 Å². The van der Waals surface area contributed by atoms with Crippen LogP contribution >= 0.6 is 11.3 Å². The third kappa shape index (κ3) is 3.65. The zero-order chi connectivity index (χ0) is 17.9. The highest BCUT2D eigenvalue weighted by atomic mass is 32.1. The van der Waals surface area contributed by atoms with Crippen LogP contribution in [0.2, 0.25) is 0 Å². The first kappa shape index (κ1) is 16.5. The molecule has 0 spiro atoms. The number of benzene rings is 2. The van der Waals surface area contributed by atoms with E-state index < -0.39 is 0 Å². The summed E-state index contributed by atoms with van der Waals surface area (Å²) >= 11 is 1.63. The number of para-hydroxylation sites is 1. The fourth-order valence-electron chi connectivity index (χ4n) is 2.81. The van der Waals surface area contributed by atoms with Crippen molar-refractivity contribution in [3.63, 3.8) is 0 Å². The second kappa shape index (κ2) is 7.09. The predicted octanol–water partition coefficient (Wildman–Crippen LogP) is 4.36. The molecule has 0 bridgehead atoms. The number of carbonyl (C=O) groups excluding carboxylic acids is 1. The topological polar surface area (TPSA) is 59.8 Å². The van der Waals surface area contributed by atoms with E-state index in [-0.39, 0.29) is 5.91 Å². The molecule has 0 aliphatic carbocycles. The van der Waals surface area contributed by atoms with Crippen LogP contribution in [0.25, 0.3) is 15.9 Å². The van der Waals surface area contributed by atoms with Gasteiger partial charge in [-0.05, 0) is 49.2 Å². The van der Waals surface area contributed by atoms with Crippen molar-refractivity contribution < 1.29 is 4.79 Å². The van der Waals surface area contributed by atoms with Gasteiger partial charge in [-0.2, -0.15) is 5.10 Å². The van der Waals surface area contributed by atoms with Crippen LogP contribution in [0.1, 0.15) is 17.0 Å². The van der Waals surface area contributed by atoms with E-state index in [0.29, 0.717) is 12.8 Å². The number of amides is 1. The van der Waals surface area contributed by atoms with Crippen LogP contribution in [-0.2, 0) is 11.2 Å². The van der Waals surface area contributed by atoms with Crippen molar-refractivity contribution in [1.29, 1.82) is 0 Å². The molecule has 2 aromatic heterocycles. The first-order valence-corrected chi connectivity index (χ1v) is 9.25. The fourth-order valence-corrected chi connectivity index (χ4v) is 3.68. The lowest BCUT2D eigenvalue weighted by molar-refractivity contribution is -0.116. The minimum absolute atomic E-state index is 0.00181. The minimum atomic E-state index is -0.00181. The molecule has 0 saturated heterocycles. The monoisotopic (exact) mass is 362 g/mol. The molecule has 130 valence electrons. The summed E-state index contributed by atoms with van der Waals surface area (Å²) in [5, 5.41) is 8.36. The van der Waals surface area contributed by atoms with Crippen LogP contribution in [0.3, 0.4) is 0 Å². The molecular weight excluding hydrogens is 344 g/mol. The summed E-state index contributed by atoms with van der Waals surface area (Å²) in [5.41, 5.74) is 3.83. The molecule has 0 radical (unpaired) electrons. The first-order chi connectivity index (χ1) is 12.7. The molecule has 26 heavy (non-hydrogen) atoms. The smallest absolute Gasteiger partial charge is 0.224 e. The zero-order valence-corrected chi connectivity index (χ0v) is 15.2. The van der Waals surface area contributed by atoms with Crippen molar-refractivity contribution in [1.82, 2.24) is 14.8 Å². The maximum absolute atomic E-state index is 12.3. The lowest BCUT2D eigenvalue weighted by atomic mass is 10.2. The van der Waals surface area contributed by atoms with Gasteiger partial charge in [0.05, 0.1) is 27.1 Å². The number of thiazole rings is 1. The van der Waals surface area contributed by atoms with E-state index in [1.54, 1.807) is 11.3 Å². The lowest BCUT2D eigenvalue weighted by Crippen LogP contribution is -2.12.